The highest BCUT2D eigenvalue weighted by Gasteiger charge is 2.44. The van der Waals surface area contributed by atoms with Crippen molar-refractivity contribution in [3.8, 4) is 0 Å². The maximum atomic E-state index is 11.9. The number of carbonyl (C=O) groups excluding carboxylic acids is 2. The van der Waals surface area contributed by atoms with Crippen LogP contribution in [0.1, 0.15) is 52.9 Å². The summed E-state index contributed by atoms with van der Waals surface area (Å²) in [5.41, 5.74) is 0. The van der Waals surface area contributed by atoms with Crippen LogP contribution in [0.15, 0.2) is 0 Å². The maximum absolute atomic E-state index is 11.9. The standard InChI is InChI=1S/C14H23NO3/c1-9-14(18-11(3)17)8-12-6-4-5-7-13(12)15(9)10(2)16/h9,12-14H,4-8H2,1-3H3/t9-,12?,13?,14+/m0/s1. The van der Waals surface area contributed by atoms with Gasteiger partial charge in [-0.1, -0.05) is 12.8 Å². The first kappa shape index (κ1) is 13.4. The third-order valence-electron chi connectivity index (χ3n) is 4.42. The summed E-state index contributed by atoms with van der Waals surface area (Å²) in [4.78, 5) is 25.0. The van der Waals surface area contributed by atoms with Gasteiger partial charge in [-0.25, -0.2) is 0 Å². The van der Waals surface area contributed by atoms with E-state index in [1.54, 1.807) is 6.92 Å². The normalized spacial score (nSPS) is 35.8. The molecule has 4 nitrogen and oxygen atoms in total. The minimum Gasteiger partial charge on any atom is -0.460 e. The van der Waals surface area contributed by atoms with Crippen molar-refractivity contribution in [2.75, 3.05) is 0 Å². The Balaban J connectivity index is 2.18. The van der Waals surface area contributed by atoms with E-state index in [9.17, 15) is 9.59 Å². The summed E-state index contributed by atoms with van der Waals surface area (Å²) in [5.74, 6) is 0.365. The van der Waals surface area contributed by atoms with Gasteiger partial charge >= 0.3 is 5.97 Å². The van der Waals surface area contributed by atoms with Gasteiger partial charge in [-0.2, -0.15) is 0 Å². The van der Waals surface area contributed by atoms with Crippen LogP contribution < -0.4 is 0 Å². The van der Waals surface area contributed by atoms with E-state index >= 15 is 0 Å². The van der Waals surface area contributed by atoms with E-state index < -0.39 is 0 Å². The van der Waals surface area contributed by atoms with Crippen molar-refractivity contribution < 1.29 is 14.3 Å². The smallest absolute Gasteiger partial charge is 0.302 e. The molecular weight excluding hydrogens is 230 g/mol. The zero-order valence-electron chi connectivity index (χ0n) is 11.5. The molecule has 1 amide bonds. The maximum Gasteiger partial charge on any atom is 0.302 e. The number of esters is 1. The van der Waals surface area contributed by atoms with Crippen LogP contribution in [0.2, 0.25) is 0 Å². The summed E-state index contributed by atoms with van der Waals surface area (Å²) in [6.45, 7) is 5.07. The lowest BCUT2D eigenvalue weighted by Gasteiger charge is -2.50. The van der Waals surface area contributed by atoms with Crippen molar-refractivity contribution in [2.45, 2.75) is 71.1 Å². The minimum absolute atomic E-state index is 0.00532. The number of rotatable bonds is 1. The van der Waals surface area contributed by atoms with Gasteiger partial charge < -0.3 is 9.64 Å². The van der Waals surface area contributed by atoms with Crippen LogP contribution in [0.3, 0.4) is 0 Å². The van der Waals surface area contributed by atoms with E-state index in [-0.39, 0.29) is 24.0 Å². The highest BCUT2D eigenvalue weighted by molar-refractivity contribution is 5.74. The first-order valence-electron chi connectivity index (χ1n) is 6.97. The van der Waals surface area contributed by atoms with Gasteiger partial charge in [0.2, 0.25) is 5.91 Å². The molecule has 102 valence electrons. The SMILES string of the molecule is CC(=O)O[C@@H]1CC2CCCCC2N(C(C)=O)[C@H]1C. The molecule has 1 aliphatic heterocycles. The fraction of sp³-hybridized carbons (Fsp3) is 0.857. The number of hydrogen-bond acceptors (Lipinski definition) is 3. The lowest BCUT2D eigenvalue weighted by Crippen LogP contribution is -2.59. The highest BCUT2D eigenvalue weighted by atomic mass is 16.5. The van der Waals surface area contributed by atoms with Crippen molar-refractivity contribution in [3.05, 3.63) is 0 Å². The first-order chi connectivity index (χ1) is 8.50. The first-order valence-corrected chi connectivity index (χ1v) is 6.97. The van der Waals surface area contributed by atoms with Crippen molar-refractivity contribution in [2.24, 2.45) is 5.92 Å². The van der Waals surface area contributed by atoms with Gasteiger partial charge in [0.15, 0.2) is 0 Å². The van der Waals surface area contributed by atoms with Crippen LogP contribution in [-0.4, -0.2) is 35.0 Å². The van der Waals surface area contributed by atoms with Crippen LogP contribution in [0.4, 0.5) is 0 Å². The van der Waals surface area contributed by atoms with E-state index in [0.29, 0.717) is 12.0 Å². The lowest BCUT2D eigenvalue weighted by atomic mass is 9.75. The second-order valence-corrected chi connectivity index (χ2v) is 5.66. The molecule has 4 atom stereocenters. The van der Waals surface area contributed by atoms with Crippen LogP contribution >= 0.6 is 0 Å². The second-order valence-electron chi connectivity index (χ2n) is 5.66. The summed E-state index contributed by atoms with van der Waals surface area (Å²) in [6, 6.07) is 0.365. The third-order valence-corrected chi connectivity index (χ3v) is 4.42. The third kappa shape index (κ3) is 2.52. The molecule has 0 aromatic carbocycles. The predicted molar refractivity (Wildman–Crippen MR) is 67.9 cm³/mol. The fourth-order valence-electron chi connectivity index (χ4n) is 3.69. The highest BCUT2D eigenvalue weighted by Crippen LogP contribution is 2.38. The lowest BCUT2D eigenvalue weighted by molar-refractivity contribution is -0.164. The van der Waals surface area contributed by atoms with Crippen molar-refractivity contribution >= 4 is 11.9 Å². The molecule has 0 bridgehead atoms. The van der Waals surface area contributed by atoms with Gasteiger partial charge in [-0.3, -0.25) is 9.59 Å². The number of hydrogen-bond donors (Lipinski definition) is 0. The number of ether oxygens (including phenoxy) is 1. The van der Waals surface area contributed by atoms with Crippen LogP contribution in [0, 0.1) is 5.92 Å². The van der Waals surface area contributed by atoms with Crippen molar-refractivity contribution in [1.29, 1.82) is 0 Å². The predicted octanol–water partition coefficient (Wildman–Crippen LogP) is 2.12. The summed E-state index contributed by atoms with van der Waals surface area (Å²) in [6.07, 6.45) is 5.46. The summed E-state index contributed by atoms with van der Waals surface area (Å²) >= 11 is 0. The fourth-order valence-corrected chi connectivity index (χ4v) is 3.69. The molecule has 18 heavy (non-hydrogen) atoms. The zero-order valence-corrected chi connectivity index (χ0v) is 11.5. The Bertz CT molecular complexity index is 342. The minimum atomic E-state index is -0.246. The average molecular weight is 253 g/mol. The Morgan fingerprint density at radius 1 is 1.17 bits per heavy atom. The topological polar surface area (TPSA) is 46.6 Å². The molecule has 0 radical (unpaired) electrons. The average Bonchev–Trinajstić information content (AvgIpc) is 2.29. The van der Waals surface area contributed by atoms with Gasteiger partial charge in [-0.05, 0) is 32.1 Å². The molecule has 1 saturated heterocycles. The van der Waals surface area contributed by atoms with E-state index in [4.69, 9.17) is 4.74 Å². The molecule has 1 heterocycles. The second kappa shape index (κ2) is 5.29. The van der Waals surface area contributed by atoms with E-state index in [1.165, 1.54) is 19.8 Å². The number of carbonyl (C=O) groups is 2. The van der Waals surface area contributed by atoms with Gasteiger partial charge in [-0.15, -0.1) is 0 Å². The molecular formula is C14H23NO3. The Labute approximate surface area is 109 Å². The molecule has 1 saturated carbocycles. The van der Waals surface area contributed by atoms with Crippen molar-refractivity contribution in [1.82, 2.24) is 4.90 Å². The van der Waals surface area contributed by atoms with Crippen molar-refractivity contribution in [3.63, 3.8) is 0 Å². The molecule has 2 aliphatic rings. The van der Waals surface area contributed by atoms with Crippen LogP contribution in [0.25, 0.3) is 0 Å². The molecule has 4 heteroatoms. The number of likely N-dealkylation sites (tertiary alicyclic amines) is 1. The molecule has 0 aromatic heterocycles. The summed E-state index contributed by atoms with van der Waals surface area (Å²) in [7, 11) is 0. The van der Waals surface area contributed by atoms with E-state index in [1.807, 2.05) is 11.8 Å². The van der Waals surface area contributed by atoms with Crippen LogP contribution in [0.5, 0.6) is 0 Å². The number of nitrogens with zero attached hydrogens (tertiary/aromatic N) is 1. The molecule has 2 fully saturated rings. The molecule has 2 unspecified atom stereocenters. The Kier molecular flexibility index (Phi) is 3.93. The number of piperidine rings is 1. The Hall–Kier alpha value is -1.06. The summed E-state index contributed by atoms with van der Waals surface area (Å²) in [5, 5.41) is 0. The quantitative estimate of drug-likeness (QED) is 0.672. The number of fused-ring (bicyclic) bond motifs is 1. The van der Waals surface area contributed by atoms with E-state index in [2.05, 4.69) is 0 Å². The Morgan fingerprint density at radius 3 is 2.44 bits per heavy atom. The van der Waals surface area contributed by atoms with Gasteiger partial charge in [0, 0.05) is 19.9 Å². The summed E-state index contributed by atoms with van der Waals surface area (Å²) < 4.78 is 5.40. The van der Waals surface area contributed by atoms with E-state index in [0.717, 1.165) is 19.3 Å². The van der Waals surface area contributed by atoms with Gasteiger partial charge in [0.05, 0.1) is 6.04 Å². The molecule has 0 aromatic rings. The zero-order chi connectivity index (χ0) is 13.3. The Morgan fingerprint density at radius 2 is 1.83 bits per heavy atom. The van der Waals surface area contributed by atoms with Gasteiger partial charge in [0.1, 0.15) is 6.10 Å². The van der Waals surface area contributed by atoms with Gasteiger partial charge in [0.25, 0.3) is 0 Å². The molecule has 0 N–H and O–H groups in total. The molecule has 2 rings (SSSR count). The number of amides is 1. The molecule has 0 spiro atoms. The van der Waals surface area contributed by atoms with Crippen LogP contribution in [-0.2, 0) is 14.3 Å². The molecule has 1 aliphatic carbocycles. The monoisotopic (exact) mass is 253 g/mol. The largest absolute Gasteiger partial charge is 0.460 e.